The Hall–Kier alpha value is -3.23. The van der Waals surface area contributed by atoms with Crippen LogP contribution in [0.15, 0.2) is 96.1 Å². The van der Waals surface area contributed by atoms with Gasteiger partial charge in [0, 0.05) is 4.91 Å². The van der Waals surface area contributed by atoms with Gasteiger partial charge in [0.1, 0.15) is 17.8 Å². The van der Waals surface area contributed by atoms with Crippen LogP contribution >= 0.6 is 0 Å². The van der Waals surface area contributed by atoms with Gasteiger partial charge >= 0.3 is 0 Å². The van der Waals surface area contributed by atoms with E-state index in [1.807, 2.05) is 91.0 Å². The second-order valence-electron chi connectivity index (χ2n) is 8.17. The minimum Gasteiger partial charge on any atom is -0.393 e. The first-order valence-electron chi connectivity index (χ1n) is 11.4. The molecular formula is C27H31N3O5. The lowest BCUT2D eigenvalue weighted by atomic mass is 9.92. The van der Waals surface area contributed by atoms with E-state index in [0.29, 0.717) is 6.61 Å². The molecule has 35 heavy (non-hydrogen) atoms. The molecule has 0 aliphatic carbocycles. The summed E-state index contributed by atoms with van der Waals surface area (Å²) in [6, 6.07) is 28.5. The zero-order valence-electron chi connectivity index (χ0n) is 19.5. The molecule has 0 bridgehead atoms. The molecule has 0 amide bonds. The molecule has 3 aromatic carbocycles. The molecule has 2 N–H and O–H groups in total. The van der Waals surface area contributed by atoms with E-state index < -0.39 is 24.4 Å². The number of azide groups is 1. The Morgan fingerprint density at radius 3 is 1.83 bits per heavy atom. The van der Waals surface area contributed by atoms with E-state index in [2.05, 4.69) is 10.0 Å². The Morgan fingerprint density at radius 1 is 0.800 bits per heavy atom. The summed E-state index contributed by atoms with van der Waals surface area (Å²) in [5, 5.41) is 25.3. The molecular weight excluding hydrogens is 446 g/mol. The van der Waals surface area contributed by atoms with Crippen molar-refractivity contribution in [3.63, 3.8) is 0 Å². The minimum atomic E-state index is -1.49. The summed E-state index contributed by atoms with van der Waals surface area (Å²) in [6.45, 7) is -0.243. The lowest BCUT2D eigenvalue weighted by Gasteiger charge is -2.40. The summed E-state index contributed by atoms with van der Waals surface area (Å²) in [6.07, 6.45) is -2.21. The van der Waals surface area contributed by atoms with Crippen LogP contribution in [0.5, 0.6) is 0 Å². The van der Waals surface area contributed by atoms with Crippen molar-refractivity contribution < 1.29 is 24.4 Å². The maximum absolute atomic E-state index is 11.2. The van der Waals surface area contributed by atoms with Gasteiger partial charge in [-0.05, 0) is 22.2 Å². The van der Waals surface area contributed by atoms with Gasteiger partial charge in [0.05, 0.1) is 39.6 Å². The quantitative estimate of drug-likeness (QED) is 0.191. The van der Waals surface area contributed by atoms with Crippen LogP contribution in [0.3, 0.4) is 0 Å². The molecule has 0 radical (unpaired) electrons. The third-order valence-electron chi connectivity index (χ3n) is 5.58. The minimum absolute atomic E-state index is 0.0684. The van der Waals surface area contributed by atoms with Crippen molar-refractivity contribution in [1.29, 1.82) is 0 Å². The van der Waals surface area contributed by atoms with Crippen LogP contribution in [0.1, 0.15) is 16.7 Å². The number of rotatable bonds is 15. The molecule has 0 heterocycles. The number of nitrogens with zero attached hydrogens (tertiary/aromatic N) is 3. The largest absolute Gasteiger partial charge is 0.393 e. The zero-order chi connectivity index (χ0) is 24.8. The fourth-order valence-corrected chi connectivity index (χ4v) is 3.69. The molecule has 3 rings (SSSR count). The van der Waals surface area contributed by atoms with E-state index in [0.717, 1.165) is 16.7 Å². The molecule has 0 unspecified atom stereocenters. The van der Waals surface area contributed by atoms with Crippen molar-refractivity contribution in [2.24, 2.45) is 5.11 Å². The molecule has 0 aromatic heterocycles. The van der Waals surface area contributed by atoms with Crippen molar-refractivity contribution in [2.45, 2.75) is 37.6 Å². The van der Waals surface area contributed by atoms with Crippen LogP contribution in [0, 0.1) is 0 Å². The number of hydrogen-bond donors (Lipinski definition) is 2. The van der Waals surface area contributed by atoms with Crippen LogP contribution in [0.4, 0.5) is 0 Å². The van der Waals surface area contributed by atoms with Gasteiger partial charge in [0.2, 0.25) is 0 Å². The van der Waals surface area contributed by atoms with E-state index in [1.165, 1.54) is 0 Å². The van der Waals surface area contributed by atoms with Crippen molar-refractivity contribution in [2.75, 3.05) is 19.8 Å². The number of benzene rings is 3. The number of aliphatic hydroxyl groups is 2. The fraction of sp³-hybridized carbons (Fsp3) is 0.333. The molecule has 184 valence electrons. The van der Waals surface area contributed by atoms with Crippen LogP contribution in [-0.4, -0.2) is 47.8 Å². The third-order valence-corrected chi connectivity index (χ3v) is 5.58. The van der Waals surface area contributed by atoms with Gasteiger partial charge in [0.25, 0.3) is 0 Å². The highest BCUT2D eigenvalue weighted by Crippen LogP contribution is 2.26. The number of ether oxygens (including phenoxy) is 3. The highest BCUT2D eigenvalue weighted by molar-refractivity contribution is 5.15. The normalized spacial score (nSPS) is 14.5. The predicted octanol–water partition coefficient (Wildman–Crippen LogP) is 4.41. The topological polar surface area (TPSA) is 117 Å². The lowest BCUT2D eigenvalue weighted by molar-refractivity contribution is -0.209. The van der Waals surface area contributed by atoms with E-state index >= 15 is 0 Å². The molecule has 8 heteroatoms. The molecule has 0 fully saturated rings. The molecule has 0 aliphatic rings. The molecule has 3 atom stereocenters. The number of hydrogen-bond acceptors (Lipinski definition) is 6. The maximum Gasteiger partial charge on any atom is 0.126 e. The summed E-state index contributed by atoms with van der Waals surface area (Å²) in [5.41, 5.74) is 10.2. The van der Waals surface area contributed by atoms with Gasteiger partial charge in [-0.1, -0.05) is 96.1 Å². The Bertz CT molecular complexity index is 1030. The van der Waals surface area contributed by atoms with Crippen LogP contribution < -0.4 is 0 Å². The van der Waals surface area contributed by atoms with Crippen molar-refractivity contribution in [3.8, 4) is 0 Å². The first-order chi connectivity index (χ1) is 17.2. The summed E-state index contributed by atoms with van der Waals surface area (Å²) in [7, 11) is 0. The van der Waals surface area contributed by atoms with Crippen LogP contribution in [-0.2, 0) is 34.0 Å². The van der Waals surface area contributed by atoms with Gasteiger partial charge in [0.15, 0.2) is 0 Å². The number of aliphatic hydroxyl groups excluding tert-OH is 2. The summed E-state index contributed by atoms with van der Waals surface area (Å²) >= 11 is 0. The SMILES string of the molecule is [N-]=[N+]=NC[C@@](CO)(OCc1ccccc1)[C@H](OCc1ccccc1)[C@@H](O)COCc1ccccc1. The highest BCUT2D eigenvalue weighted by atomic mass is 16.6. The Morgan fingerprint density at radius 2 is 1.31 bits per heavy atom. The molecule has 8 nitrogen and oxygen atoms in total. The summed E-state index contributed by atoms with van der Waals surface area (Å²) < 4.78 is 18.0. The van der Waals surface area contributed by atoms with Crippen molar-refractivity contribution in [1.82, 2.24) is 0 Å². The molecule has 0 spiro atoms. The summed E-state index contributed by atoms with van der Waals surface area (Å²) in [4.78, 5) is 2.85. The predicted molar refractivity (Wildman–Crippen MR) is 132 cm³/mol. The first kappa shape index (κ1) is 26.4. The Kier molecular flexibility index (Phi) is 10.7. The first-order valence-corrected chi connectivity index (χ1v) is 11.4. The monoisotopic (exact) mass is 477 g/mol. The van der Waals surface area contributed by atoms with E-state index in [9.17, 15) is 10.2 Å². The van der Waals surface area contributed by atoms with Crippen molar-refractivity contribution >= 4 is 0 Å². The van der Waals surface area contributed by atoms with Gasteiger partial charge in [-0.3, -0.25) is 0 Å². The van der Waals surface area contributed by atoms with Gasteiger partial charge in [-0.2, -0.15) is 0 Å². The van der Waals surface area contributed by atoms with E-state index in [1.54, 1.807) is 0 Å². The lowest BCUT2D eigenvalue weighted by Crippen LogP contribution is -2.58. The average molecular weight is 478 g/mol. The van der Waals surface area contributed by atoms with Gasteiger partial charge < -0.3 is 24.4 Å². The standard InChI is InChI=1S/C27H31N3O5/c28-30-29-20-27(21-31,35-18-24-14-8-3-9-15-24)26(34-17-23-12-6-2-7-13-23)25(32)19-33-16-22-10-4-1-5-11-22/h1-15,25-26,31-32H,16-21H2/t25-,26+,27-/m0/s1. The molecule has 0 aliphatic heterocycles. The van der Waals surface area contributed by atoms with Crippen molar-refractivity contribution in [3.05, 3.63) is 118 Å². The second-order valence-corrected chi connectivity index (χ2v) is 8.17. The maximum atomic E-state index is 11.2. The zero-order valence-corrected chi connectivity index (χ0v) is 19.5. The Balaban J connectivity index is 1.80. The van der Waals surface area contributed by atoms with Crippen LogP contribution in [0.25, 0.3) is 10.4 Å². The highest BCUT2D eigenvalue weighted by Gasteiger charge is 2.44. The second kappa shape index (κ2) is 14.2. The Labute approximate surface area is 205 Å². The van der Waals surface area contributed by atoms with Gasteiger partial charge in [-0.25, -0.2) is 0 Å². The van der Waals surface area contributed by atoms with E-state index in [-0.39, 0.29) is 26.4 Å². The van der Waals surface area contributed by atoms with Crippen LogP contribution in [0.2, 0.25) is 0 Å². The smallest absolute Gasteiger partial charge is 0.126 e. The molecule has 3 aromatic rings. The third kappa shape index (κ3) is 8.19. The molecule has 0 saturated heterocycles. The molecule has 0 saturated carbocycles. The van der Waals surface area contributed by atoms with E-state index in [4.69, 9.17) is 19.7 Å². The van der Waals surface area contributed by atoms with Gasteiger partial charge in [-0.15, -0.1) is 0 Å². The average Bonchev–Trinajstić information content (AvgIpc) is 2.92. The summed E-state index contributed by atoms with van der Waals surface area (Å²) in [5.74, 6) is 0. The fourth-order valence-electron chi connectivity index (χ4n) is 3.69.